The molecule has 0 saturated carbocycles. The summed E-state index contributed by atoms with van der Waals surface area (Å²) in [7, 11) is 0. The highest BCUT2D eigenvalue weighted by atomic mass is 16.5. The van der Waals surface area contributed by atoms with Gasteiger partial charge in [0.05, 0.1) is 6.10 Å². The molecule has 1 aromatic carbocycles. The lowest BCUT2D eigenvalue weighted by atomic mass is 10.1. The number of hydrogen-bond acceptors (Lipinski definition) is 2. The van der Waals surface area contributed by atoms with Gasteiger partial charge in [-0.2, -0.15) is 0 Å². The third-order valence-electron chi connectivity index (χ3n) is 3.21. The first-order valence-corrected chi connectivity index (χ1v) is 6.14. The molecule has 0 bridgehead atoms. The Hall–Kier alpha value is -0.860. The molecule has 16 heavy (non-hydrogen) atoms. The van der Waals surface area contributed by atoms with Gasteiger partial charge in [-0.25, -0.2) is 0 Å². The average molecular weight is 219 g/mol. The van der Waals surface area contributed by atoms with Crippen molar-refractivity contribution in [3.63, 3.8) is 0 Å². The van der Waals surface area contributed by atoms with Gasteiger partial charge in [-0.05, 0) is 37.8 Å². The molecule has 2 rings (SSSR count). The maximum atomic E-state index is 5.58. The topological polar surface area (TPSA) is 21.3 Å². The Balaban J connectivity index is 1.80. The van der Waals surface area contributed by atoms with Gasteiger partial charge >= 0.3 is 0 Å². The van der Waals surface area contributed by atoms with Crippen LogP contribution >= 0.6 is 0 Å². The van der Waals surface area contributed by atoms with Crippen LogP contribution in [0.2, 0.25) is 0 Å². The molecule has 1 aliphatic heterocycles. The van der Waals surface area contributed by atoms with Gasteiger partial charge in [0.15, 0.2) is 0 Å². The summed E-state index contributed by atoms with van der Waals surface area (Å²) in [6, 6.07) is 6.63. The summed E-state index contributed by atoms with van der Waals surface area (Å²) in [6.45, 7) is 7.18. The Morgan fingerprint density at radius 3 is 2.94 bits per heavy atom. The zero-order valence-electron chi connectivity index (χ0n) is 10.3. The van der Waals surface area contributed by atoms with Crippen LogP contribution in [0.5, 0.6) is 0 Å². The molecule has 1 aromatic rings. The zero-order chi connectivity index (χ0) is 11.4. The lowest BCUT2D eigenvalue weighted by molar-refractivity contribution is 0.110. The summed E-state index contributed by atoms with van der Waals surface area (Å²) in [5.74, 6) is 0. The molecule has 0 aromatic heterocycles. The fourth-order valence-electron chi connectivity index (χ4n) is 2.22. The van der Waals surface area contributed by atoms with E-state index in [1.807, 2.05) is 0 Å². The van der Waals surface area contributed by atoms with E-state index in [1.54, 1.807) is 0 Å². The molecule has 1 atom stereocenters. The quantitative estimate of drug-likeness (QED) is 0.840. The van der Waals surface area contributed by atoms with Crippen molar-refractivity contribution in [2.24, 2.45) is 0 Å². The molecule has 1 N–H and O–H groups in total. The minimum atomic E-state index is 0.436. The highest BCUT2D eigenvalue weighted by molar-refractivity contribution is 5.30. The summed E-state index contributed by atoms with van der Waals surface area (Å²) in [5, 5.41) is 3.48. The lowest BCUT2D eigenvalue weighted by Crippen LogP contribution is -2.26. The molecule has 1 aliphatic rings. The smallest absolute Gasteiger partial charge is 0.0700 e. The van der Waals surface area contributed by atoms with Gasteiger partial charge < -0.3 is 10.1 Å². The minimum absolute atomic E-state index is 0.436. The van der Waals surface area contributed by atoms with E-state index in [2.05, 4.69) is 37.4 Å². The van der Waals surface area contributed by atoms with Gasteiger partial charge in [0, 0.05) is 19.7 Å². The Morgan fingerprint density at radius 2 is 2.25 bits per heavy atom. The van der Waals surface area contributed by atoms with Crippen LogP contribution < -0.4 is 5.32 Å². The summed E-state index contributed by atoms with van der Waals surface area (Å²) in [5.41, 5.74) is 4.10. The molecule has 1 saturated heterocycles. The van der Waals surface area contributed by atoms with Crippen molar-refractivity contribution >= 4 is 0 Å². The third-order valence-corrected chi connectivity index (χ3v) is 3.21. The normalized spacial score (nSPS) is 20.2. The predicted octanol–water partition coefficient (Wildman–Crippen LogP) is 2.57. The number of aryl methyl sites for hydroxylation is 2. The molecule has 0 spiro atoms. The van der Waals surface area contributed by atoms with Crippen LogP contribution in [0.15, 0.2) is 18.2 Å². The van der Waals surface area contributed by atoms with Gasteiger partial charge in [-0.1, -0.05) is 23.8 Å². The maximum absolute atomic E-state index is 5.58. The van der Waals surface area contributed by atoms with Crippen molar-refractivity contribution in [2.75, 3.05) is 13.2 Å². The van der Waals surface area contributed by atoms with Crippen LogP contribution in [0.1, 0.15) is 29.5 Å². The summed E-state index contributed by atoms with van der Waals surface area (Å²) in [6.07, 6.45) is 2.86. The van der Waals surface area contributed by atoms with Crippen LogP contribution in [0.4, 0.5) is 0 Å². The fraction of sp³-hybridized carbons (Fsp3) is 0.571. The molecule has 0 amide bonds. The molecule has 2 nitrogen and oxygen atoms in total. The molecule has 0 aliphatic carbocycles. The van der Waals surface area contributed by atoms with Crippen LogP contribution in [0.25, 0.3) is 0 Å². The van der Waals surface area contributed by atoms with E-state index in [9.17, 15) is 0 Å². The monoisotopic (exact) mass is 219 g/mol. The molecule has 88 valence electrons. The second kappa shape index (κ2) is 5.46. The van der Waals surface area contributed by atoms with Crippen molar-refractivity contribution in [3.05, 3.63) is 34.9 Å². The standard InChI is InChI=1S/C14H21NO/c1-11-5-6-13(12(2)8-11)9-15-10-14-4-3-7-16-14/h5-6,8,14-15H,3-4,7,9-10H2,1-2H3. The van der Waals surface area contributed by atoms with Gasteiger partial charge in [0.25, 0.3) is 0 Å². The number of benzene rings is 1. The van der Waals surface area contributed by atoms with Crippen molar-refractivity contribution in [3.8, 4) is 0 Å². The molecule has 1 heterocycles. The van der Waals surface area contributed by atoms with E-state index >= 15 is 0 Å². The van der Waals surface area contributed by atoms with E-state index in [0.717, 1.165) is 19.7 Å². The number of hydrogen-bond donors (Lipinski definition) is 1. The first kappa shape index (κ1) is 11.6. The van der Waals surface area contributed by atoms with Crippen molar-refractivity contribution < 1.29 is 4.74 Å². The first-order chi connectivity index (χ1) is 7.75. The number of nitrogens with one attached hydrogen (secondary N) is 1. The maximum Gasteiger partial charge on any atom is 0.0700 e. The lowest BCUT2D eigenvalue weighted by Gasteiger charge is -2.12. The highest BCUT2D eigenvalue weighted by Gasteiger charge is 2.14. The van der Waals surface area contributed by atoms with Crippen LogP contribution in [0.3, 0.4) is 0 Å². The Labute approximate surface area is 98.0 Å². The molecular formula is C14H21NO. The zero-order valence-corrected chi connectivity index (χ0v) is 10.3. The van der Waals surface area contributed by atoms with E-state index in [0.29, 0.717) is 6.10 Å². The third kappa shape index (κ3) is 3.06. The SMILES string of the molecule is Cc1ccc(CNCC2CCCO2)c(C)c1. The minimum Gasteiger partial charge on any atom is -0.377 e. The van der Waals surface area contributed by atoms with Gasteiger partial charge in [0.2, 0.25) is 0 Å². The first-order valence-electron chi connectivity index (χ1n) is 6.14. The highest BCUT2D eigenvalue weighted by Crippen LogP contribution is 2.12. The number of ether oxygens (including phenoxy) is 1. The molecule has 2 heteroatoms. The summed E-state index contributed by atoms with van der Waals surface area (Å²) in [4.78, 5) is 0. The second-order valence-corrected chi connectivity index (χ2v) is 4.70. The van der Waals surface area contributed by atoms with Crippen molar-refractivity contribution in [1.82, 2.24) is 5.32 Å². The van der Waals surface area contributed by atoms with Crippen LogP contribution in [0, 0.1) is 13.8 Å². The molecule has 1 unspecified atom stereocenters. The van der Waals surface area contributed by atoms with Gasteiger partial charge in [-0.15, -0.1) is 0 Å². The largest absolute Gasteiger partial charge is 0.377 e. The molecular weight excluding hydrogens is 198 g/mol. The Bertz CT molecular complexity index is 343. The average Bonchev–Trinajstić information content (AvgIpc) is 2.74. The van der Waals surface area contributed by atoms with Gasteiger partial charge in [0.1, 0.15) is 0 Å². The van der Waals surface area contributed by atoms with Crippen LogP contribution in [-0.2, 0) is 11.3 Å². The summed E-state index contributed by atoms with van der Waals surface area (Å²) < 4.78 is 5.58. The molecule has 1 fully saturated rings. The Kier molecular flexibility index (Phi) is 3.97. The van der Waals surface area contributed by atoms with E-state index in [1.165, 1.54) is 29.5 Å². The fourth-order valence-corrected chi connectivity index (χ4v) is 2.22. The van der Waals surface area contributed by atoms with E-state index in [4.69, 9.17) is 4.74 Å². The second-order valence-electron chi connectivity index (χ2n) is 4.70. The van der Waals surface area contributed by atoms with Crippen molar-refractivity contribution in [1.29, 1.82) is 0 Å². The number of rotatable bonds is 4. The van der Waals surface area contributed by atoms with E-state index < -0.39 is 0 Å². The molecule has 0 radical (unpaired) electrons. The van der Waals surface area contributed by atoms with E-state index in [-0.39, 0.29) is 0 Å². The predicted molar refractivity (Wildman–Crippen MR) is 66.6 cm³/mol. The van der Waals surface area contributed by atoms with Crippen molar-refractivity contribution in [2.45, 2.75) is 39.3 Å². The Morgan fingerprint density at radius 1 is 1.38 bits per heavy atom. The summed E-state index contributed by atoms with van der Waals surface area (Å²) >= 11 is 0. The van der Waals surface area contributed by atoms with Crippen LogP contribution in [-0.4, -0.2) is 19.3 Å². The van der Waals surface area contributed by atoms with Gasteiger partial charge in [-0.3, -0.25) is 0 Å².